The van der Waals surface area contributed by atoms with E-state index >= 15 is 0 Å². The van der Waals surface area contributed by atoms with Gasteiger partial charge in [-0.1, -0.05) is 15.9 Å². The van der Waals surface area contributed by atoms with Crippen molar-refractivity contribution in [1.29, 1.82) is 0 Å². The number of nitrogen functional groups attached to an aromatic ring is 1. The number of hydrogen-bond acceptors (Lipinski definition) is 4. The summed E-state index contributed by atoms with van der Waals surface area (Å²) in [5.41, 5.74) is 6.79. The smallest absolute Gasteiger partial charge is 0.259 e. The Balaban J connectivity index is 2.30. The third-order valence-electron chi connectivity index (χ3n) is 2.71. The molecule has 0 bridgehead atoms. The van der Waals surface area contributed by atoms with E-state index in [9.17, 15) is 9.90 Å². The largest absolute Gasteiger partial charge is 0.507 e. The number of nitrogens with two attached hydrogens (primary N) is 1. The van der Waals surface area contributed by atoms with E-state index in [4.69, 9.17) is 10.5 Å². The Morgan fingerprint density at radius 3 is 2.75 bits per heavy atom. The molecule has 0 aliphatic heterocycles. The standard InChI is InChI=1S/C14H13BrN2O3/c1-20-9-3-4-11(16)12(7-9)17-14(19)10-6-8(15)2-5-13(10)18/h2-7,18H,16H2,1H3,(H,17,19). The van der Waals surface area contributed by atoms with Gasteiger partial charge in [0, 0.05) is 10.5 Å². The van der Waals surface area contributed by atoms with Crippen LogP contribution in [0.5, 0.6) is 11.5 Å². The van der Waals surface area contributed by atoms with Crippen LogP contribution in [0.4, 0.5) is 11.4 Å². The molecular formula is C14H13BrN2O3. The van der Waals surface area contributed by atoms with Gasteiger partial charge in [-0.3, -0.25) is 4.79 Å². The van der Waals surface area contributed by atoms with Crippen LogP contribution in [0, 0.1) is 0 Å². The van der Waals surface area contributed by atoms with Gasteiger partial charge in [-0.05, 0) is 30.3 Å². The Morgan fingerprint density at radius 1 is 1.30 bits per heavy atom. The third-order valence-corrected chi connectivity index (χ3v) is 3.21. The highest BCUT2D eigenvalue weighted by atomic mass is 79.9. The molecule has 0 atom stereocenters. The first-order valence-electron chi connectivity index (χ1n) is 5.74. The van der Waals surface area contributed by atoms with Crippen LogP contribution in [0.15, 0.2) is 40.9 Å². The molecule has 0 fully saturated rings. The molecule has 0 unspecified atom stereocenters. The Labute approximate surface area is 124 Å². The van der Waals surface area contributed by atoms with E-state index in [0.717, 1.165) is 0 Å². The number of benzene rings is 2. The van der Waals surface area contributed by atoms with Crippen molar-refractivity contribution in [2.75, 3.05) is 18.2 Å². The van der Waals surface area contributed by atoms with Gasteiger partial charge in [-0.2, -0.15) is 0 Å². The fourth-order valence-electron chi connectivity index (χ4n) is 1.65. The number of phenolic OH excluding ortho intramolecular Hbond substituents is 1. The lowest BCUT2D eigenvalue weighted by atomic mass is 10.1. The second-order valence-electron chi connectivity index (χ2n) is 4.07. The van der Waals surface area contributed by atoms with Crippen molar-refractivity contribution < 1.29 is 14.6 Å². The lowest BCUT2D eigenvalue weighted by molar-refractivity contribution is 0.102. The van der Waals surface area contributed by atoms with Crippen LogP contribution in [0.2, 0.25) is 0 Å². The maximum absolute atomic E-state index is 12.2. The van der Waals surface area contributed by atoms with Gasteiger partial charge in [0.25, 0.3) is 5.91 Å². The molecule has 2 aromatic carbocycles. The molecule has 2 rings (SSSR count). The van der Waals surface area contributed by atoms with Gasteiger partial charge in [-0.25, -0.2) is 0 Å². The van der Waals surface area contributed by atoms with Crippen molar-refractivity contribution in [3.63, 3.8) is 0 Å². The van der Waals surface area contributed by atoms with E-state index in [1.807, 2.05) is 0 Å². The van der Waals surface area contributed by atoms with Crippen LogP contribution in [0.25, 0.3) is 0 Å². The van der Waals surface area contributed by atoms with Gasteiger partial charge in [0.1, 0.15) is 11.5 Å². The van der Waals surface area contributed by atoms with Gasteiger partial charge in [0.15, 0.2) is 0 Å². The lowest BCUT2D eigenvalue weighted by Gasteiger charge is -2.11. The van der Waals surface area contributed by atoms with Crippen molar-refractivity contribution in [3.05, 3.63) is 46.4 Å². The molecule has 0 saturated heterocycles. The number of ether oxygens (including phenoxy) is 1. The summed E-state index contributed by atoms with van der Waals surface area (Å²) in [7, 11) is 1.53. The summed E-state index contributed by atoms with van der Waals surface area (Å²) < 4.78 is 5.77. The topological polar surface area (TPSA) is 84.6 Å². The summed E-state index contributed by atoms with van der Waals surface area (Å²) in [6.07, 6.45) is 0. The van der Waals surface area contributed by atoms with Gasteiger partial charge >= 0.3 is 0 Å². The quantitative estimate of drug-likeness (QED) is 0.752. The number of rotatable bonds is 3. The third kappa shape index (κ3) is 3.03. The van der Waals surface area contributed by atoms with Crippen LogP contribution in [-0.4, -0.2) is 18.1 Å². The number of hydrogen-bond donors (Lipinski definition) is 3. The molecule has 0 aliphatic carbocycles. The van der Waals surface area contributed by atoms with Crippen molar-refractivity contribution >= 4 is 33.2 Å². The van der Waals surface area contributed by atoms with E-state index in [1.165, 1.54) is 19.2 Å². The number of anilines is 2. The number of amides is 1. The number of aromatic hydroxyl groups is 1. The highest BCUT2D eigenvalue weighted by molar-refractivity contribution is 9.10. The summed E-state index contributed by atoms with van der Waals surface area (Å²) in [6, 6.07) is 9.56. The zero-order valence-corrected chi connectivity index (χ0v) is 12.3. The molecular weight excluding hydrogens is 324 g/mol. The van der Waals surface area contributed by atoms with Crippen molar-refractivity contribution in [1.82, 2.24) is 0 Å². The zero-order valence-electron chi connectivity index (χ0n) is 10.7. The first-order valence-corrected chi connectivity index (χ1v) is 6.54. The summed E-state index contributed by atoms with van der Waals surface area (Å²) >= 11 is 3.25. The molecule has 2 aromatic rings. The summed E-state index contributed by atoms with van der Waals surface area (Å²) in [5.74, 6) is 0.0175. The van der Waals surface area contributed by atoms with Gasteiger partial charge in [0.2, 0.25) is 0 Å². The molecule has 4 N–H and O–H groups in total. The Hall–Kier alpha value is -2.21. The normalized spacial score (nSPS) is 10.1. The predicted molar refractivity (Wildman–Crippen MR) is 81.2 cm³/mol. The van der Waals surface area contributed by atoms with E-state index in [2.05, 4.69) is 21.2 Å². The molecule has 0 radical (unpaired) electrons. The average molecular weight is 337 g/mol. The number of methoxy groups -OCH3 is 1. The molecule has 0 saturated carbocycles. The first kappa shape index (κ1) is 14.2. The highest BCUT2D eigenvalue weighted by Crippen LogP contribution is 2.27. The summed E-state index contributed by atoms with van der Waals surface area (Å²) in [6.45, 7) is 0. The molecule has 0 spiro atoms. The lowest BCUT2D eigenvalue weighted by Crippen LogP contribution is -2.13. The second kappa shape index (κ2) is 5.83. The number of carbonyl (C=O) groups excluding carboxylic acids is 1. The van der Waals surface area contributed by atoms with Gasteiger partial charge < -0.3 is 20.9 Å². The van der Waals surface area contributed by atoms with Crippen LogP contribution in [0.3, 0.4) is 0 Å². The Morgan fingerprint density at radius 2 is 2.05 bits per heavy atom. The van der Waals surface area contributed by atoms with E-state index in [-0.39, 0.29) is 11.3 Å². The molecule has 5 nitrogen and oxygen atoms in total. The minimum Gasteiger partial charge on any atom is -0.507 e. The first-order chi connectivity index (χ1) is 9.51. The van der Waals surface area contributed by atoms with Crippen molar-refractivity contribution in [3.8, 4) is 11.5 Å². The van der Waals surface area contributed by atoms with E-state index in [1.54, 1.807) is 24.3 Å². The Bertz CT molecular complexity index is 659. The van der Waals surface area contributed by atoms with Crippen LogP contribution in [0.1, 0.15) is 10.4 Å². The molecule has 0 aromatic heterocycles. The Kier molecular flexibility index (Phi) is 4.14. The van der Waals surface area contributed by atoms with Gasteiger partial charge in [-0.15, -0.1) is 0 Å². The fourth-order valence-corrected chi connectivity index (χ4v) is 2.01. The maximum Gasteiger partial charge on any atom is 0.259 e. The molecule has 1 amide bonds. The monoisotopic (exact) mass is 336 g/mol. The maximum atomic E-state index is 12.2. The number of carbonyl (C=O) groups is 1. The van der Waals surface area contributed by atoms with Crippen LogP contribution in [-0.2, 0) is 0 Å². The number of phenols is 1. The van der Waals surface area contributed by atoms with E-state index < -0.39 is 5.91 Å². The second-order valence-corrected chi connectivity index (χ2v) is 4.98. The minimum absolute atomic E-state index is 0.104. The van der Waals surface area contributed by atoms with Crippen LogP contribution < -0.4 is 15.8 Å². The van der Waals surface area contributed by atoms with Crippen molar-refractivity contribution in [2.45, 2.75) is 0 Å². The SMILES string of the molecule is COc1ccc(N)c(NC(=O)c2cc(Br)ccc2O)c1. The average Bonchev–Trinajstić information content (AvgIpc) is 2.43. The predicted octanol–water partition coefficient (Wildman–Crippen LogP) is 3.00. The molecule has 104 valence electrons. The fraction of sp³-hybridized carbons (Fsp3) is 0.0714. The zero-order chi connectivity index (χ0) is 14.7. The van der Waals surface area contributed by atoms with Gasteiger partial charge in [0.05, 0.1) is 24.0 Å². The minimum atomic E-state index is -0.455. The molecule has 0 aliphatic rings. The summed E-state index contributed by atoms with van der Waals surface area (Å²) in [4.78, 5) is 12.2. The summed E-state index contributed by atoms with van der Waals surface area (Å²) in [5, 5.41) is 12.4. The number of halogens is 1. The van der Waals surface area contributed by atoms with Crippen molar-refractivity contribution in [2.24, 2.45) is 0 Å². The molecule has 6 heteroatoms. The molecule has 20 heavy (non-hydrogen) atoms. The highest BCUT2D eigenvalue weighted by Gasteiger charge is 2.13. The van der Waals surface area contributed by atoms with E-state index in [0.29, 0.717) is 21.6 Å². The van der Waals surface area contributed by atoms with Crippen LogP contribution >= 0.6 is 15.9 Å². The molecule has 0 heterocycles. The number of nitrogens with one attached hydrogen (secondary N) is 1.